The lowest BCUT2D eigenvalue weighted by Gasteiger charge is -2.19. The van der Waals surface area contributed by atoms with Gasteiger partial charge in [-0.2, -0.15) is 0 Å². The number of benzene rings is 2. The van der Waals surface area contributed by atoms with Crippen molar-refractivity contribution in [3.63, 3.8) is 0 Å². The van der Waals surface area contributed by atoms with Crippen LogP contribution in [0.1, 0.15) is 25.0 Å². The molecule has 29 heavy (non-hydrogen) atoms. The Labute approximate surface area is 167 Å². The van der Waals surface area contributed by atoms with Crippen molar-refractivity contribution in [3.05, 3.63) is 69.4 Å². The normalized spacial score (nSPS) is 14.0. The number of anilines is 1. The highest BCUT2D eigenvalue weighted by Crippen LogP contribution is 2.35. The Bertz CT molecular complexity index is 1030. The summed E-state index contributed by atoms with van der Waals surface area (Å²) in [5, 5.41) is 14.0. The van der Waals surface area contributed by atoms with Crippen molar-refractivity contribution in [2.75, 3.05) is 12.4 Å². The number of nitrogens with zero attached hydrogens (tertiary/aromatic N) is 2. The van der Waals surface area contributed by atoms with E-state index in [1.807, 2.05) is 19.1 Å². The summed E-state index contributed by atoms with van der Waals surface area (Å²) in [4.78, 5) is 37.7. The van der Waals surface area contributed by atoms with Gasteiger partial charge in [-0.1, -0.05) is 6.07 Å². The maximum Gasteiger partial charge on any atom is 0.278 e. The number of non-ortho nitro benzene ring substituents is 1. The maximum atomic E-state index is 13.0. The Balaban J connectivity index is 2.14. The Hall–Kier alpha value is -3.68. The molecule has 0 fully saturated rings. The standard InChI is InChI=1S/C21H21N3O5/c1-12(2)23-20(25)18(14-6-8-15(9-7-14)24(27)28)19(21(23)26)22-16-11-13(3)5-10-17(16)29-4/h5-12,22H,1-4H3. The molecule has 0 spiro atoms. The molecule has 1 heterocycles. The van der Waals surface area contributed by atoms with Crippen LogP contribution in [0.5, 0.6) is 5.75 Å². The molecule has 3 rings (SSSR count). The highest BCUT2D eigenvalue weighted by molar-refractivity contribution is 6.36. The number of hydrogen-bond acceptors (Lipinski definition) is 6. The van der Waals surface area contributed by atoms with Crippen molar-refractivity contribution >= 4 is 28.8 Å². The molecule has 150 valence electrons. The van der Waals surface area contributed by atoms with Gasteiger partial charge in [0.25, 0.3) is 17.5 Å². The first-order chi connectivity index (χ1) is 13.7. The molecule has 0 unspecified atom stereocenters. The predicted molar refractivity (Wildman–Crippen MR) is 108 cm³/mol. The molecular weight excluding hydrogens is 374 g/mol. The Morgan fingerprint density at radius 3 is 2.28 bits per heavy atom. The molecule has 1 aliphatic heterocycles. The van der Waals surface area contributed by atoms with Crippen LogP contribution in [0.3, 0.4) is 0 Å². The van der Waals surface area contributed by atoms with Gasteiger partial charge in [0.1, 0.15) is 11.4 Å². The van der Waals surface area contributed by atoms with Crippen LogP contribution < -0.4 is 10.1 Å². The van der Waals surface area contributed by atoms with E-state index in [-0.39, 0.29) is 23.0 Å². The lowest BCUT2D eigenvalue weighted by molar-refractivity contribution is -0.384. The summed E-state index contributed by atoms with van der Waals surface area (Å²) < 4.78 is 5.36. The fourth-order valence-corrected chi connectivity index (χ4v) is 3.20. The maximum absolute atomic E-state index is 13.0. The third-order valence-electron chi connectivity index (χ3n) is 4.61. The number of nitro benzene ring substituents is 1. The van der Waals surface area contributed by atoms with Crippen LogP contribution in [0.25, 0.3) is 5.57 Å². The molecule has 8 heteroatoms. The molecule has 0 radical (unpaired) electrons. The zero-order chi connectivity index (χ0) is 21.3. The quantitative estimate of drug-likeness (QED) is 0.456. The average molecular weight is 395 g/mol. The monoisotopic (exact) mass is 395 g/mol. The number of hydrogen-bond donors (Lipinski definition) is 1. The Morgan fingerprint density at radius 1 is 1.07 bits per heavy atom. The highest BCUT2D eigenvalue weighted by Gasteiger charge is 2.40. The van der Waals surface area contributed by atoms with E-state index in [2.05, 4.69) is 5.32 Å². The molecule has 2 aromatic carbocycles. The number of ether oxygens (including phenoxy) is 1. The first-order valence-electron chi connectivity index (χ1n) is 9.03. The number of aryl methyl sites for hydroxylation is 1. The summed E-state index contributed by atoms with van der Waals surface area (Å²) in [6.45, 7) is 5.40. The topological polar surface area (TPSA) is 102 Å². The molecule has 0 saturated heterocycles. The minimum Gasteiger partial charge on any atom is -0.495 e. The summed E-state index contributed by atoms with van der Waals surface area (Å²) in [6, 6.07) is 10.7. The number of imide groups is 1. The Morgan fingerprint density at radius 2 is 1.72 bits per heavy atom. The molecule has 0 aliphatic carbocycles. The smallest absolute Gasteiger partial charge is 0.278 e. The third-order valence-corrected chi connectivity index (χ3v) is 4.61. The van der Waals surface area contributed by atoms with Gasteiger partial charge in [0.2, 0.25) is 0 Å². The first kappa shape index (κ1) is 20.1. The lowest BCUT2D eigenvalue weighted by Crippen LogP contribution is -2.38. The number of rotatable bonds is 6. The van der Waals surface area contributed by atoms with E-state index in [1.165, 1.54) is 36.3 Å². The number of methoxy groups -OCH3 is 1. The van der Waals surface area contributed by atoms with E-state index < -0.39 is 16.7 Å². The number of nitrogens with one attached hydrogen (secondary N) is 1. The van der Waals surface area contributed by atoms with Crippen LogP contribution in [0.15, 0.2) is 48.2 Å². The fraction of sp³-hybridized carbons (Fsp3) is 0.238. The Kier molecular flexibility index (Phi) is 5.36. The minimum atomic E-state index is -0.517. The van der Waals surface area contributed by atoms with E-state index >= 15 is 0 Å². The summed E-state index contributed by atoms with van der Waals surface area (Å²) >= 11 is 0. The van der Waals surface area contributed by atoms with E-state index in [0.29, 0.717) is 17.0 Å². The molecular formula is C21H21N3O5. The van der Waals surface area contributed by atoms with Gasteiger partial charge in [-0.05, 0) is 56.2 Å². The van der Waals surface area contributed by atoms with Crippen LogP contribution in [0.2, 0.25) is 0 Å². The predicted octanol–water partition coefficient (Wildman–Crippen LogP) is 3.51. The lowest BCUT2D eigenvalue weighted by atomic mass is 10.0. The van der Waals surface area contributed by atoms with E-state index in [9.17, 15) is 19.7 Å². The fourth-order valence-electron chi connectivity index (χ4n) is 3.20. The highest BCUT2D eigenvalue weighted by atomic mass is 16.6. The van der Waals surface area contributed by atoms with Gasteiger partial charge >= 0.3 is 0 Å². The van der Waals surface area contributed by atoms with Crippen molar-refractivity contribution in [1.82, 2.24) is 4.90 Å². The third kappa shape index (κ3) is 3.69. The largest absolute Gasteiger partial charge is 0.495 e. The van der Waals surface area contributed by atoms with Crippen LogP contribution >= 0.6 is 0 Å². The van der Waals surface area contributed by atoms with Crippen LogP contribution in [0.4, 0.5) is 11.4 Å². The van der Waals surface area contributed by atoms with Gasteiger partial charge in [-0.25, -0.2) is 0 Å². The van der Waals surface area contributed by atoms with E-state index in [0.717, 1.165) is 5.56 Å². The minimum absolute atomic E-state index is 0.0956. The molecule has 2 amide bonds. The summed E-state index contributed by atoms with van der Waals surface area (Å²) in [5.74, 6) is -0.385. The van der Waals surface area contributed by atoms with Crippen molar-refractivity contribution in [2.45, 2.75) is 26.8 Å². The van der Waals surface area contributed by atoms with Crippen LogP contribution in [-0.2, 0) is 9.59 Å². The van der Waals surface area contributed by atoms with Crippen LogP contribution in [-0.4, -0.2) is 34.8 Å². The van der Waals surface area contributed by atoms with Crippen molar-refractivity contribution in [3.8, 4) is 5.75 Å². The number of nitro groups is 1. The van der Waals surface area contributed by atoms with Gasteiger partial charge in [0.15, 0.2) is 0 Å². The first-order valence-corrected chi connectivity index (χ1v) is 9.03. The summed E-state index contributed by atoms with van der Waals surface area (Å²) in [6.07, 6.45) is 0. The van der Waals surface area contributed by atoms with Gasteiger partial charge in [-0.15, -0.1) is 0 Å². The molecule has 0 atom stereocenters. The molecule has 1 aliphatic rings. The second-order valence-corrected chi connectivity index (χ2v) is 6.96. The van der Waals surface area contributed by atoms with Crippen LogP contribution in [0, 0.1) is 17.0 Å². The summed E-state index contributed by atoms with van der Waals surface area (Å²) in [5.41, 5.74) is 2.11. The van der Waals surface area contributed by atoms with Gasteiger partial charge in [-0.3, -0.25) is 24.6 Å². The second kappa shape index (κ2) is 7.75. The molecule has 0 aromatic heterocycles. The number of carbonyl (C=O) groups excluding carboxylic acids is 2. The molecule has 0 saturated carbocycles. The summed E-state index contributed by atoms with van der Waals surface area (Å²) in [7, 11) is 1.52. The second-order valence-electron chi connectivity index (χ2n) is 6.96. The molecule has 1 N–H and O–H groups in total. The van der Waals surface area contributed by atoms with Crippen molar-refractivity contribution in [1.29, 1.82) is 0 Å². The van der Waals surface area contributed by atoms with Gasteiger partial charge < -0.3 is 10.1 Å². The van der Waals surface area contributed by atoms with E-state index in [4.69, 9.17) is 4.74 Å². The average Bonchev–Trinajstić information content (AvgIpc) is 2.92. The van der Waals surface area contributed by atoms with E-state index in [1.54, 1.807) is 19.9 Å². The zero-order valence-electron chi connectivity index (χ0n) is 16.6. The van der Waals surface area contributed by atoms with Crippen molar-refractivity contribution < 1.29 is 19.2 Å². The number of amides is 2. The number of carbonyl (C=O) groups is 2. The van der Waals surface area contributed by atoms with Crippen molar-refractivity contribution in [2.24, 2.45) is 0 Å². The molecule has 8 nitrogen and oxygen atoms in total. The molecule has 2 aromatic rings. The van der Waals surface area contributed by atoms with Gasteiger partial charge in [0.05, 0.1) is 23.3 Å². The van der Waals surface area contributed by atoms with Gasteiger partial charge in [0, 0.05) is 18.2 Å². The SMILES string of the molecule is COc1ccc(C)cc1NC1=C(c2ccc([N+](=O)[O-])cc2)C(=O)N(C(C)C)C1=O. The zero-order valence-corrected chi connectivity index (χ0v) is 16.6. The molecule has 0 bridgehead atoms.